The molecule has 2 N–H and O–H groups in total. The van der Waals surface area contributed by atoms with Crippen molar-refractivity contribution >= 4 is 5.91 Å². The molecular formula is C12H24N2O. The molecule has 1 saturated heterocycles. The molecule has 0 aromatic carbocycles. The van der Waals surface area contributed by atoms with E-state index in [4.69, 9.17) is 5.73 Å². The number of carbonyl (C=O) groups is 1. The van der Waals surface area contributed by atoms with Crippen LogP contribution in [0.15, 0.2) is 0 Å². The number of nitrogens with zero attached hydrogens (tertiary/aromatic N) is 1. The van der Waals surface area contributed by atoms with E-state index >= 15 is 0 Å². The summed E-state index contributed by atoms with van der Waals surface area (Å²) in [7, 11) is 0. The van der Waals surface area contributed by atoms with Gasteiger partial charge in [0.05, 0.1) is 0 Å². The maximum Gasteiger partial charge on any atom is 0.224 e. The van der Waals surface area contributed by atoms with Crippen LogP contribution < -0.4 is 5.73 Å². The Labute approximate surface area is 93.0 Å². The minimum atomic E-state index is -0.382. The van der Waals surface area contributed by atoms with Gasteiger partial charge in [0.1, 0.15) is 0 Å². The minimum Gasteiger partial charge on any atom is -0.340 e. The molecule has 3 nitrogen and oxygen atoms in total. The van der Waals surface area contributed by atoms with Crippen LogP contribution in [-0.2, 0) is 4.79 Å². The standard InChI is InChI=1S/C12H24N2O/c1-4-10-7-5-6-8-14(10)11(15)9-12(2,3)13/h10H,4-9,13H2,1-3H3. The fourth-order valence-corrected chi connectivity index (χ4v) is 2.24. The highest BCUT2D eigenvalue weighted by molar-refractivity contribution is 5.77. The number of rotatable bonds is 3. The summed E-state index contributed by atoms with van der Waals surface area (Å²) in [5, 5.41) is 0. The predicted octanol–water partition coefficient (Wildman–Crippen LogP) is 1.90. The summed E-state index contributed by atoms with van der Waals surface area (Å²) in [6, 6.07) is 0.452. The zero-order valence-electron chi connectivity index (χ0n) is 10.3. The number of likely N-dealkylation sites (tertiary alicyclic amines) is 1. The van der Waals surface area contributed by atoms with E-state index in [-0.39, 0.29) is 11.4 Å². The van der Waals surface area contributed by atoms with Gasteiger partial charge in [0.25, 0.3) is 0 Å². The first-order valence-electron chi connectivity index (χ1n) is 6.02. The maximum atomic E-state index is 12.0. The van der Waals surface area contributed by atoms with Gasteiger partial charge < -0.3 is 10.6 Å². The minimum absolute atomic E-state index is 0.231. The Balaban J connectivity index is 2.56. The van der Waals surface area contributed by atoms with Crippen molar-refractivity contribution in [3.8, 4) is 0 Å². The summed E-state index contributed by atoms with van der Waals surface area (Å²) < 4.78 is 0. The number of piperidine rings is 1. The third kappa shape index (κ3) is 3.82. The molecule has 0 radical (unpaired) electrons. The summed E-state index contributed by atoms with van der Waals surface area (Å²) in [5.74, 6) is 0.231. The molecule has 1 unspecified atom stereocenters. The van der Waals surface area contributed by atoms with Crippen LogP contribution in [0, 0.1) is 0 Å². The van der Waals surface area contributed by atoms with Crippen LogP contribution in [0.5, 0.6) is 0 Å². The van der Waals surface area contributed by atoms with E-state index in [9.17, 15) is 4.79 Å². The van der Waals surface area contributed by atoms with E-state index in [2.05, 4.69) is 6.92 Å². The Morgan fingerprint density at radius 2 is 2.13 bits per heavy atom. The summed E-state index contributed by atoms with van der Waals surface area (Å²) in [4.78, 5) is 14.1. The fraction of sp³-hybridized carbons (Fsp3) is 0.917. The molecular weight excluding hydrogens is 188 g/mol. The fourth-order valence-electron chi connectivity index (χ4n) is 2.24. The number of hydrogen-bond acceptors (Lipinski definition) is 2. The summed E-state index contributed by atoms with van der Waals surface area (Å²) in [5.41, 5.74) is 5.50. The molecule has 0 spiro atoms. The Hall–Kier alpha value is -0.570. The van der Waals surface area contributed by atoms with Crippen molar-refractivity contribution in [2.45, 2.75) is 64.5 Å². The van der Waals surface area contributed by atoms with Gasteiger partial charge in [-0.2, -0.15) is 0 Å². The van der Waals surface area contributed by atoms with Crippen LogP contribution in [-0.4, -0.2) is 28.9 Å². The SMILES string of the molecule is CCC1CCCCN1C(=O)CC(C)(C)N. The van der Waals surface area contributed by atoms with Gasteiger partial charge >= 0.3 is 0 Å². The highest BCUT2D eigenvalue weighted by Gasteiger charge is 2.28. The predicted molar refractivity (Wildman–Crippen MR) is 62.5 cm³/mol. The van der Waals surface area contributed by atoms with Crippen LogP contribution in [0.4, 0.5) is 0 Å². The molecule has 0 bridgehead atoms. The average molecular weight is 212 g/mol. The van der Waals surface area contributed by atoms with Gasteiger partial charge in [-0.15, -0.1) is 0 Å². The van der Waals surface area contributed by atoms with Crippen molar-refractivity contribution in [2.75, 3.05) is 6.54 Å². The van der Waals surface area contributed by atoms with Crippen LogP contribution in [0.25, 0.3) is 0 Å². The molecule has 0 aromatic rings. The van der Waals surface area contributed by atoms with Gasteiger partial charge in [0.15, 0.2) is 0 Å². The average Bonchev–Trinajstić information content (AvgIpc) is 2.15. The first-order chi connectivity index (χ1) is 6.94. The lowest BCUT2D eigenvalue weighted by molar-refractivity contribution is -0.136. The molecule has 0 aromatic heterocycles. The topological polar surface area (TPSA) is 46.3 Å². The zero-order valence-corrected chi connectivity index (χ0v) is 10.3. The molecule has 0 saturated carbocycles. The van der Waals surface area contributed by atoms with Crippen molar-refractivity contribution in [2.24, 2.45) is 5.73 Å². The van der Waals surface area contributed by atoms with E-state index < -0.39 is 0 Å². The van der Waals surface area contributed by atoms with Crippen LogP contribution >= 0.6 is 0 Å². The van der Waals surface area contributed by atoms with Crippen LogP contribution in [0.3, 0.4) is 0 Å². The molecule has 3 heteroatoms. The smallest absolute Gasteiger partial charge is 0.224 e. The van der Waals surface area contributed by atoms with Gasteiger partial charge in [-0.25, -0.2) is 0 Å². The van der Waals surface area contributed by atoms with Crippen LogP contribution in [0.2, 0.25) is 0 Å². The zero-order chi connectivity index (χ0) is 11.5. The van der Waals surface area contributed by atoms with E-state index in [1.165, 1.54) is 6.42 Å². The van der Waals surface area contributed by atoms with Gasteiger partial charge in [-0.1, -0.05) is 6.92 Å². The molecule has 1 rings (SSSR count). The Bertz CT molecular complexity index is 220. The highest BCUT2D eigenvalue weighted by atomic mass is 16.2. The molecule has 1 heterocycles. The van der Waals surface area contributed by atoms with Crippen molar-refractivity contribution < 1.29 is 4.79 Å². The van der Waals surface area contributed by atoms with E-state index in [0.29, 0.717) is 12.5 Å². The lowest BCUT2D eigenvalue weighted by Gasteiger charge is -2.36. The molecule has 88 valence electrons. The van der Waals surface area contributed by atoms with E-state index in [1.807, 2.05) is 18.7 Å². The van der Waals surface area contributed by atoms with Gasteiger partial charge in [0.2, 0.25) is 5.91 Å². The second-order valence-electron chi connectivity index (χ2n) is 5.31. The van der Waals surface area contributed by atoms with Gasteiger partial charge in [-0.3, -0.25) is 4.79 Å². The molecule has 1 aliphatic rings. The molecule has 15 heavy (non-hydrogen) atoms. The maximum absolute atomic E-state index is 12.0. The molecule has 0 aliphatic carbocycles. The van der Waals surface area contributed by atoms with Gasteiger partial charge in [-0.05, 0) is 39.5 Å². The lowest BCUT2D eigenvalue weighted by Crippen LogP contribution is -2.47. The lowest BCUT2D eigenvalue weighted by atomic mass is 9.96. The van der Waals surface area contributed by atoms with E-state index in [1.54, 1.807) is 0 Å². The Kier molecular flexibility index (Phi) is 4.14. The van der Waals surface area contributed by atoms with Crippen molar-refractivity contribution in [1.29, 1.82) is 0 Å². The first kappa shape index (κ1) is 12.5. The number of carbonyl (C=O) groups excluding carboxylic acids is 1. The number of hydrogen-bond donors (Lipinski definition) is 1. The second-order valence-corrected chi connectivity index (χ2v) is 5.31. The van der Waals surface area contributed by atoms with Crippen molar-refractivity contribution in [3.05, 3.63) is 0 Å². The molecule has 1 atom stereocenters. The van der Waals surface area contributed by atoms with E-state index in [0.717, 1.165) is 25.8 Å². The summed E-state index contributed by atoms with van der Waals surface area (Å²) >= 11 is 0. The third-order valence-corrected chi connectivity index (χ3v) is 3.03. The molecule has 1 fully saturated rings. The molecule has 1 aliphatic heterocycles. The van der Waals surface area contributed by atoms with Crippen molar-refractivity contribution in [1.82, 2.24) is 4.90 Å². The molecule has 1 amide bonds. The second kappa shape index (κ2) is 4.97. The first-order valence-corrected chi connectivity index (χ1v) is 6.02. The quantitative estimate of drug-likeness (QED) is 0.776. The Morgan fingerprint density at radius 3 is 2.67 bits per heavy atom. The third-order valence-electron chi connectivity index (χ3n) is 3.03. The largest absolute Gasteiger partial charge is 0.340 e. The van der Waals surface area contributed by atoms with Gasteiger partial charge in [0, 0.05) is 24.5 Å². The Morgan fingerprint density at radius 1 is 1.47 bits per heavy atom. The van der Waals surface area contributed by atoms with Crippen LogP contribution in [0.1, 0.15) is 52.9 Å². The summed E-state index contributed by atoms with van der Waals surface area (Å²) in [6.07, 6.45) is 5.09. The highest BCUT2D eigenvalue weighted by Crippen LogP contribution is 2.21. The number of nitrogens with two attached hydrogens (primary N) is 1. The normalized spacial score (nSPS) is 22.9. The summed E-state index contributed by atoms with van der Waals surface area (Å²) in [6.45, 7) is 6.91. The number of amides is 1. The monoisotopic (exact) mass is 212 g/mol. The van der Waals surface area contributed by atoms with Crippen molar-refractivity contribution in [3.63, 3.8) is 0 Å².